The van der Waals surface area contributed by atoms with E-state index in [-0.39, 0.29) is 12.4 Å². The fourth-order valence-electron chi connectivity index (χ4n) is 1.98. The lowest BCUT2D eigenvalue weighted by Gasteiger charge is -2.06. The van der Waals surface area contributed by atoms with Gasteiger partial charge in [0.25, 0.3) is 0 Å². The maximum atomic E-state index is 12.3. The molecular formula is C17H18ClNO2. The predicted octanol–water partition coefficient (Wildman–Crippen LogP) is 3.04. The van der Waals surface area contributed by atoms with Gasteiger partial charge in [-0.1, -0.05) is 35.9 Å². The van der Waals surface area contributed by atoms with Crippen LogP contribution < -0.4 is 5.32 Å². The monoisotopic (exact) mass is 303 g/mol. The summed E-state index contributed by atoms with van der Waals surface area (Å²) in [7, 11) is 0. The molecule has 0 aliphatic carbocycles. The van der Waals surface area contributed by atoms with Crippen LogP contribution in [0.3, 0.4) is 0 Å². The molecule has 0 spiro atoms. The van der Waals surface area contributed by atoms with E-state index in [0.717, 1.165) is 25.1 Å². The molecular weight excluding hydrogens is 286 g/mol. The summed E-state index contributed by atoms with van der Waals surface area (Å²) in [5, 5.41) is 12.6. The Morgan fingerprint density at radius 3 is 2.14 bits per heavy atom. The maximum Gasteiger partial charge on any atom is 0.193 e. The van der Waals surface area contributed by atoms with Crippen LogP contribution in [0.25, 0.3) is 0 Å². The molecule has 2 aromatic rings. The van der Waals surface area contributed by atoms with Crippen LogP contribution in [0.1, 0.15) is 27.9 Å². The van der Waals surface area contributed by atoms with Crippen molar-refractivity contribution in [3.05, 3.63) is 70.2 Å². The Balaban J connectivity index is 1.98. The van der Waals surface area contributed by atoms with Gasteiger partial charge in [0.1, 0.15) is 0 Å². The number of benzene rings is 2. The van der Waals surface area contributed by atoms with Gasteiger partial charge in [-0.3, -0.25) is 4.79 Å². The first-order valence-electron chi connectivity index (χ1n) is 6.91. The zero-order chi connectivity index (χ0) is 15.1. The number of hydrogen-bond acceptors (Lipinski definition) is 3. The molecule has 4 heteroatoms. The number of nitrogens with one attached hydrogen (secondary N) is 1. The molecule has 0 heterocycles. The largest absolute Gasteiger partial charge is 0.396 e. The molecule has 0 fully saturated rings. The topological polar surface area (TPSA) is 49.3 Å². The van der Waals surface area contributed by atoms with Crippen molar-refractivity contribution >= 4 is 17.4 Å². The number of halogens is 1. The van der Waals surface area contributed by atoms with Crippen LogP contribution >= 0.6 is 11.6 Å². The quantitative estimate of drug-likeness (QED) is 0.610. The first kappa shape index (κ1) is 15.7. The number of carbonyl (C=O) groups excluding carboxylic acids is 1. The summed E-state index contributed by atoms with van der Waals surface area (Å²) in [5.41, 5.74) is 2.41. The Kier molecular flexibility index (Phi) is 5.93. The van der Waals surface area contributed by atoms with Gasteiger partial charge in [-0.15, -0.1) is 0 Å². The molecule has 0 aromatic heterocycles. The average molecular weight is 304 g/mol. The Morgan fingerprint density at radius 1 is 1.00 bits per heavy atom. The van der Waals surface area contributed by atoms with Gasteiger partial charge in [0.2, 0.25) is 0 Å². The molecule has 21 heavy (non-hydrogen) atoms. The lowest BCUT2D eigenvalue weighted by atomic mass is 10.0. The van der Waals surface area contributed by atoms with Gasteiger partial charge in [0, 0.05) is 29.3 Å². The number of rotatable bonds is 7. The summed E-state index contributed by atoms with van der Waals surface area (Å²) in [6.07, 6.45) is 0.743. The van der Waals surface area contributed by atoms with E-state index in [1.54, 1.807) is 24.3 Å². The Morgan fingerprint density at radius 2 is 1.57 bits per heavy atom. The summed E-state index contributed by atoms with van der Waals surface area (Å²) in [6.45, 7) is 1.71. The standard InChI is InChI=1S/C17H18ClNO2/c18-16-8-6-15(7-9-16)17(21)14-4-2-13(3-5-14)12-19-10-1-11-20/h2-9,19-20H,1,10-12H2. The third-order valence-corrected chi connectivity index (χ3v) is 3.42. The van der Waals surface area contributed by atoms with Crippen LogP contribution in [0, 0.1) is 0 Å². The van der Waals surface area contributed by atoms with Crippen molar-refractivity contribution in [2.45, 2.75) is 13.0 Å². The molecule has 3 nitrogen and oxygen atoms in total. The van der Waals surface area contributed by atoms with Gasteiger partial charge in [-0.2, -0.15) is 0 Å². The van der Waals surface area contributed by atoms with Crippen LogP contribution in [0.4, 0.5) is 0 Å². The molecule has 0 aliphatic heterocycles. The predicted molar refractivity (Wildman–Crippen MR) is 84.7 cm³/mol. The van der Waals surface area contributed by atoms with Gasteiger partial charge in [-0.05, 0) is 42.8 Å². The highest BCUT2D eigenvalue weighted by molar-refractivity contribution is 6.30. The Labute approximate surface area is 129 Å². The van der Waals surface area contributed by atoms with Crippen molar-refractivity contribution in [2.24, 2.45) is 0 Å². The van der Waals surface area contributed by atoms with Gasteiger partial charge in [0.15, 0.2) is 5.78 Å². The van der Waals surface area contributed by atoms with Crippen molar-refractivity contribution in [3.8, 4) is 0 Å². The Bertz CT molecular complexity index is 579. The minimum absolute atomic E-state index is 0.00791. The van der Waals surface area contributed by atoms with Crippen molar-refractivity contribution in [1.82, 2.24) is 5.32 Å². The van der Waals surface area contributed by atoms with E-state index < -0.39 is 0 Å². The van der Waals surface area contributed by atoms with E-state index in [1.807, 2.05) is 24.3 Å². The summed E-state index contributed by atoms with van der Waals surface area (Å²) in [6, 6.07) is 14.4. The van der Waals surface area contributed by atoms with E-state index in [4.69, 9.17) is 16.7 Å². The van der Waals surface area contributed by atoms with Gasteiger partial charge < -0.3 is 10.4 Å². The summed E-state index contributed by atoms with van der Waals surface area (Å²) < 4.78 is 0. The summed E-state index contributed by atoms with van der Waals surface area (Å²) in [4.78, 5) is 12.3. The minimum Gasteiger partial charge on any atom is -0.396 e. The lowest BCUT2D eigenvalue weighted by Crippen LogP contribution is -2.15. The lowest BCUT2D eigenvalue weighted by molar-refractivity contribution is 0.103. The molecule has 0 atom stereocenters. The van der Waals surface area contributed by atoms with Crippen molar-refractivity contribution in [3.63, 3.8) is 0 Å². The smallest absolute Gasteiger partial charge is 0.193 e. The van der Waals surface area contributed by atoms with Crippen LogP contribution in [0.5, 0.6) is 0 Å². The second-order valence-electron chi connectivity index (χ2n) is 4.79. The van der Waals surface area contributed by atoms with Crippen molar-refractivity contribution in [1.29, 1.82) is 0 Å². The highest BCUT2D eigenvalue weighted by Crippen LogP contribution is 2.14. The molecule has 0 unspecified atom stereocenters. The third-order valence-electron chi connectivity index (χ3n) is 3.16. The minimum atomic E-state index is -0.00791. The fraction of sp³-hybridized carbons (Fsp3) is 0.235. The van der Waals surface area contributed by atoms with E-state index in [0.29, 0.717) is 16.1 Å². The molecule has 0 amide bonds. The molecule has 2 N–H and O–H groups in total. The van der Waals surface area contributed by atoms with Crippen molar-refractivity contribution in [2.75, 3.05) is 13.2 Å². The third kappa shape index (κ3) is 4.67. The zero-order valence-corrected chi connectivity index (χ0v) is 12.4. The van der Waals surface area contributed by atoms with E-state index in [2.05, 4.69) is 5.32 Å². The first-order chi connectivity index (χ1) is 10.2. The molecule has 2 aromatic carbocycles. The number of carbonyl (C=O) groups is 1. The van der Waals surface area contributed by atoms with Gasteiger partial charge >= 0.3 is 0 Å². The molecule has 2 rings (SSSR count). The number of aliphatic hydroxyl groups excluding tert-OH is 1. The fourth-order valence-corrected chi connectivity index (χ4v) is 2.10. The molecule has 0 saturated carbocycles. The molecule has 0 aliphatic rings. The van der Waals surface area contributed by atoms with Crippen LogP contribution in [0.15, 0.2) is 48.5 Å². The van der Waals surface area contributed by atoms with E-state index in [1.165, 1.54) is 0 Å². The number of aliphatic hydroxyl groups is 1. The molecule has 0 saturated heterocycles. The second kappa shape index (κ2) is 7.93. The highest BCUT2D eigenvalue weighted by atomic mass is 35.5. The first-order valence-corrected chi connectivity index (χ1v) is 7.29. The van der Waals surface area contributed by atoms with Crippen LogP contribution in [-0.4, -0.2) is 24.0 Å². The summed E-state index contributed by atoms with van der Waals surface area (Å²) >= 11 is 5.82. The zero-order valence-electron chi connectivity index (χ0n) is 11.7. The van der Waals surface area contributed by atoms with Gasteiger partial charge in [-0.25, -0.2) is 0 Å². The second-order valence-corrected chi connectivity index (χ2v) is 5.22. The number of hydrogen-bond donors (Lipinski definition) is 2. The molecule has 110 valence electrons. The van der Waals surface area contributed by atoms with Crippen LogP contribution in [0.2, 0.25) is 5.02 Å². The molecule has 0 radical (unpaired) electrons. The maximum absolute atomic E-state index is 12.3. The molecule has 0 bridgehead atoms. The van der Waals surface area contributed by atoms with E-state index in [9.17, 15) is 4.79 Å². The SMILES string of the molecule is O=C(c1ccc(Cl)cc1)c1ccc(CNCCCO)cc1. The van der Waals surface area contributed by atoms with Crippen molar-refractivity contribution < 1.29 is 9.90 Å². The van der Waals surface area contributed by atoms with E-state index >= 15 is 0 Å². The van der Waals surface area contributed by atoms with Crippen LogP contribution in [-0.2, 0) is 6.54 Å². The summed E-state index contributed by atoms with van der Waals surface area (Å²) in [5.74, 6) is -0.00791. The average Bonchev–Trinajstić information content (AvgIpc) is 2.52. The number of ketones is 1. The highest BCUT2D eigenvalue weighted by Gasteiger charge is 2.08. The van der Waals surface area contributed by atoms with Gasteiger partial charge in [0.05, 0.1) is 0 Å². The normalized spacial score (nSPS) is 10.6. The Hall–Kier alpha value is -1.68.